The zero-order valence-electron chi connectivity index (χ0n) is 18.0. The number of carbonyl (C=O) groups is 1. The second-order valence-corrected chi connectivity index (χ2v) is 9.46. The molecule has 168 valence electrons. The molecule has 0 saturated heterocycles. The Labute approximate surface area is 183 Å². The Balaban J connectivity index is 1.67. The van der Waals surface area contributed by atoms with Gasteiger partial charge >= 0.3 is 0 Å². The van der Waals surface area contributed by atoms with Crippen LogP contribution in [-0.4, -0.2) is 52.5 Å². The Hall–Kier alpha value is -2.94. The molecule has 1 aliphatic rings. The zero-order chi connectivity index (χ0) is 22.4. The van der Waals surface area contributed by atoms with Crippen LogP contribution in [0, 0.1) is 6.92 Å². The predicted octanol–water partition coefficient (Wildman–Crippen LogP) is 2.51. The molecule has 2 aromatic rings. The molecule has 1 heterocycles. The van der Waals surface area contributed by atoms with Crippen LogP contribution in [0.1, 0.15) is 19.4 Å². The fraction of sp³-hybridized carbons (Fsp3) is 0.409. The molecule has 0 saturated carbocycles. The smallest absolute Gasteiger partial charge is 0.241 e. The molecule has 3 rings (SSSR count). The first kappa shape index (κ1) is 22.7. The van der Waals surface area contributed by atoms with Gasteiger partial charge < -0.3 is 19.5 Å². The Morgan fingerprint density at radius 2 is 1.87 bits per heavy atom. The number of carbonyl (C=O) groups excluding carboxylic acids is 1. The van der Waals surface area contributed by atoms with Gasteiger partial charge in [0, 0.05) is 6.07 Å². The number of rotatable bonds is 9. The van der Waals surface area contributed by atoms with Gasteiger partial charge in [-0.2, -0.15) is 0 Å². The Morgan fingerprint density at radius 1 is 1.16 bits per heavy atom. The van der Waals surface area contributed by atoms with E-state index in [4.69, 9.17) is 14.2 Å². The number of benzene rings is 2. The molecule has 0 fully saturated rings. The van der Waals surface area contributed by atoms with Crippen LogP contribution in [0.4, 0.5) is 5.69 Å². The van der Waals surface area contributed by atoms with Crippen LogP contribution in [0.5, 0.6) is 17.2 Å². The van der Waals surface area contributed by atoms with Gasteiger partial charge in [0.15, 0.2) is 11.5 Å². The number of fused-ring (bicyclic) bond motifs is 1. The molecule has 1 N–H and O–H groups in total. The van der Waals surface area contributed by atoms with Crippen LogP contribution >= 0.6 is 0 Å². The fourth-order valence-electron chi connectivity index (χ4n) is 3.12. The summed E-state index contributed by atoms with van der Waals surface area (Å²) in [5.74, 6) is 1.19. The largest absolute Gasteiger partial charge is 0.491 e. The van der Waals surface area contributed by atoms with E-state index in [-0.39, 0.29) is 24.9 Å². The zero-order valence-corrected chi connectivity index (χ0v) is 18.8. The van der Waals surface area contributed by atoms with Crippen LogP contribution in [0.2, 0.25) is 0 Å². The first-order chi connectivity index (χ1) is 14.8. The number of hydrogen-bond acceptors (Lipinski definition) is 6. The van der Waals surface area contributed by atoms with E-state index in [9.17, 15) is 13.2 Å². The summed E-state index contributed by atoms with van der Waals surface area (Å²) >= 11 is 0. The highest BCUT2D eigenvalue weighted by molar-refractivity contribution is 7.92. The molecular formula is C22H28N2O6S. The third-order valence-electron chi connectivity index (χ3n) is 4.79. The van der Waals surface area contributed by atoms with Crippen LogP contribution in [0.25, 0.3) is 0 Å². The standard InChI is InChI=1S/C22H28N2O6S/c1-4-31(26,27)24(18-9-10-20-21(13-18)29-12-11-28-20)14-22(25)23-17(3)15-30-19-8-6-5-7-16(19)2/h5-10,13,17H,4,11-12,14-15H2,1-3H3,(H,23,25). The van der Waals surface area contributed by atoms with E-state index in [1.807, 2.05) is 31.2 Å². The SMILES string of the molecule is CCS(=O)(=O)N(CC(=O)NC(C)COc1ccccc1C)c1ccc2c(c1)OCCO2. The minimum absolute atomic E-state index is 0.138. The average molecular weight is 449 g/mol. The number of hydrogen-bond donors (Lipinski definition) is 1. The number of ether oxygens (including phenoxy) is 3. The molecule has 1 unspecified atom stereocenters. The number of nitrogens with one attached hydrogen (secondary N) is 1. The predicted molar refractivity (Wildman–Crippen MR) is 119 cm³/mol. The number of amides is 1. The van der Waals surface area contributed by atoms with Crippen LogP contribution in [0.3, 0.4) is 0 Å². The summed E-state index contributed by atoms with van der Waals surface area (Å²) in [6.07, 6.45) is 0. The molecule has 31 heavy (non-hydrogen) atoms. The van der Waals surface area contributed by atoms with Gasteiger partial charge in [0.2, 0.25) is 15.9 Å². The van der Waals surface area contributed by atoms with Crippen molar-refractivity contribution in [1.82, 2.24) is 5.32 Å². The summed E-state index contributed by atoms with van der Waals surface area (Å²) < 4.78 is 43.3. The van der Waals surface area contributed by atoms with E-state index in [2.05, 4.69) is 5.32 Å². The van der Waals surface area contributed by atoms with Crippen LogP contribution in [-0.2, 0) is 14.8 Å². The lowest BCUT2D eigenvalue weighted by Gasteiger charge is -2.26. The van der Waals surface area contributed by atoms with Crippen molar-refractivity contribution in [2.75, 3.05) is 36.4 Å². The van der Waals surface area contributed by atoms with Gasteiger partial charge in [-0.05, 0) is 44.5 Å². The number of nitrogens with zero attached hydrogens (tertiary/aromatic N) is 1. The van der Waals surface area contributed by atoms with E-state index in [1.165, 1.54) is 6.92 Å². The Morgan fingerprint density at radius 3 is 2.58 bits per heavy atom. The topological polar surface area (TPSA) is 94.2 Å². The van der Waals surface area contributed by atoms with Crippen LogP contribution < -0.4 is 23.8 Å². The molecule has 0 aliphatic carbocycles. The fourth-order valence-corrected chi connectivity index (χ4v) is 4.18. The lowest BCUT2D eigenvalue weighted by atomic mass is 10.2. The van der Waals surface area contributed by atoms with Crippen LogP contribution in [0.15, 0.2) is 42.5 Å². The third kappa shape index (κ3) is 5.81. The van der Waals surface area contributed by atoms with Crippen molar-refractivity contribution in [2.45, 2.75) is 26.8 Å². The summed E-state index contributed by atoms with van der Waals surface area (Å²) in [6, 6.07) is 12.1. The molecule has 2 aromatic carbocycles. The first-order valence-electron chi connectivity index (χ1n) is 10.2. The van der Waals surface area contributed by atoms with E-state index in [1.54, 1.807) is 25.1 Å². The van der Waals surface area contributed by atoms with Crippen molar-refractivity contribution in [3.05, 3.63) is 48.0 Å². The molecule has 0 bridgehead atoms. The molecule has 0 spiro atoms. The number of para-hydroxylation sites is 1. The summed E-state index contributed by atoms with van der Waals surface area (Å²) in [7, 11) is -3.69. The Kier molecular flexibility index (Phi) is 7.27. The van der Waals surface area contributed by atoms with Crippen molar-refractivity contribution < 1.29 is 27.4 Å². The molecule has 1 amide bonds. The molecular weight excluding hydrogens is 420 g/mol. The lowest BCUT2D eigenvalue weighted by molar-refractivity contribution is -0.120. The highest BCUT2D eigenvalue weighted by Crippen LogP contribution is 2.34. The summed E-state index contributed by atoms with van der Waals surface area (Å²) in [6.45, 7) is 6.03. The minimum atomic E-state index is -3.69. The molecule has 0 radical (unpaired) electrons. The number of sulfonamides is 1. The van der Waals surface area contributed by atoms with E-state index in [0.717, 1.165) is 15.6 Å². The second-order valence-electron chi connectivity index (χ2n) is 7.28. The van der Waals surface area contributed by atoms with Crippen molar-refractivity contribution in [1.29, 1.82) is 0 Å². The number of anilines is 1. The quantitative estimate of drug-likeness (QED) is 0.634. The van der Waals surface area contributed by atoms with Gasteiger partial charge in [-0.15, -0.1) is 0 Å². The second kappa shape index (κ2) is 9.91. The van der Waals surface area contributed by atoms with Crippen molar-refractivity contribution in [2.24, 2.45) is 0 Å². The first-order valence-corrected chi connectivity index (χ1v) is 11.8. The summed E-state index contributed by atoms with van der Waals surface area (Å²) in [5, 5.41) is 2.80. The van der Waals surface area contributed by atoms with Gasteiger partial charge in [-0.1, -0.05) is 18.2 Å². The summed E-state index contributed by atoms with van der Waals surface area (Å²) in [4.78, 5) is 12.6. The van der Waals surface area contributed by atoms with Crippen molar-refractivity contribution in [3.8, 4) is 17.2 Å². The van der Waals surface area contributed by atoms with E-state index in [0.29, 0.717) is 30.4 Å². The molecule has 1 atom stereocenters. The average Bonchev–Trinajstić information content (AvgIpc) is 2.76. The van der Waals surface area contributed by atoms with Gasteiger partial charge in [0.25, 0.3) is 0 Å². The lowest BCUT2D eigenvalue weighted by Crippen LogP contribution is -2.45. The number of aryl methyl sites for hydroxylation is 1. The van der Waals surface area contributed by atoms with Gasteiger partial charge in [0.1, 0.15) is 32.1 Å². The normalized spacial score (nSPS) is 13.9. The summed E-state index contributed by atoms with van der Waals surface area (Å²) in [5.41, 5.74) is 1.35. The van der Waals surface area contributed by atoms with E-state index >= 15 is 0 Å². The van der Waals surface area contributed by atoms with Crippen molar-refractivity contribution >= 4 is 21.6 Å². The molecule has 0 aromatic heterocycles. The van der Waals surface area contributed by atoms with Crippen molar-refractivity contribution in [3.63, 3.8) is 0 Å². The third-order valence-corrected chi connectivity index (χ3v) is 6.53. The molecule has 8 nitrogen and oxygen atoms in total. The molecule has 9 heteroatoms. The monoisotopic (exact) mass is 448 g/mol. The maximum Gasteiger partial charge on any atom is 0.241 e. The van der Waals surface area contributed by atoms with Gasteiger partial charge in [-0.25, -0.2) is 8.42 Å². The maximum atomic E-state index is 12.7. The highest BCUT2D eigenvalue weighted by Gasteiger charge is 2.26. The van der Waals surface area contributed by atoms with E-state index < -0.39 is 15.9 Å². The highest BCUT2D eigenvalue weighted by atomic mass is 32.2. The van der Waals surface area contributed by atoms with Gasteiger partial charge in [0.05, 0.1) is 17.5 Å². The Bertz CT molecular complexity index is 1020. The minimum Gasteiger partial charge on any atom is -0.491 e. The van der Waals surface area contributed by atoms with Gasteiger partial charge in [-0.3, -0.25) is 9.10 Å². The maximum absolute atomic E-state index is 12.7. The molecule has 1 aliphatic heterocycles.